The number of pyridine rings is 5. The fraction of sp³-hybridized carbons (Fsp3) is 0.261. The Hall–Kier alpha value is -15.2. The number of hydrogen-bond acceptors (Lipinski definition) is 22. The number of likely N-dealkylation sites (tertiary alicyclic amines) is 4. The van der Waals surface area contributed by atoms with Crippen LogP contribution in [0, 0.1) is 29.1 Å². The molecule has 0 saturated carbocycles. The first-order chi connectivity index (χ1) is 69.5. The summed E-state index contributed by atoms with van der Waals surface area (Å²) >= 11 is 0. The summed E-state index contributed by atoms with van der Waals surface area (Å²) in [6.45, 7) is 14.3. The van der Waals surface area contributed by atoms with Gasteiger partial charge in [0, 0.05) is 144 Å². The Labute approximate surface area is 831 Å². The van der Waals surface area contributed by atoms with E-state index in [4.69, 9.17) is 39.1 Å². The molecule has 34 heteroatoms. The second-order valence-electron chi connectivity index (χ2n) is 37.2. The lowest BCUT2D eigenvalue weighted by molar-refractivity contribution is -0.189. The fourth-order valence-corrected chi connectivity index (χ4v) is 19.0. The minimum atomic E-state index is -1.58. The van der Waals surface area contributed by atoms with Crippen LogP contribution < -0.4 is 39.7 Å². The van der Waals surface area contributed by atoms with E-state index in [0.29, 0.717) is 85.1 Å². The van der Waals surface area contributed by atoms with E-state index in [0.717, 1.165) is 190 Å². The van der Waals surface area contributed by atoms with Crippen molar-refractivity contribution in [3.8, 4) is 55.6 Å². The van der Waals surface area contributed by atoms with E-state index in [1.807, 2.05) is 89.8 Å². The van der Waals surface area contributed by atoms with Gasteiger partial charge in [-0.15, -0.1) is 0 Å². The molecule has 5 saturated heterocycles. The number of aliphatic hydroxyl groups is 4. The zero-order chi connectivity index (χ0) is 103. The van der Waals surface area contributed by atoms with Crippen LogP contribution in [0.15, 0.2) is 243 Å². The smallest absolute Gasteiger partial charge is 0.267 e. The lowest BCUT2D eigenvalue weighted by Crippen LogP contribution is -2.43. The zero-order valence-corrected chi connectivity index (χ0v) is 79.7. The minimum Gasteiger partial charge on any atom is -0.393 e. The maximum Gasteiger partial charge on any atom is 0.267 e. The molecule has 7 amide bonds. The van der Waals surface area contributed by atoms with Crippen LogP contribution >= 0.6 is 0 Å². The van der Waals surface area contributed by atoms with Gasteiger partial charge in [0.05, 0.1) is 58.5 Å². The molecule has 0 spiro atoms. The number of piperidine rings is 2. The van der Waals surface area contributed by atoms with Gasteiger partial charge < -0.3 is 64.9 Å². The first kappa shape index (κ1) is 103. The Morgan fingerprint density at radius 1 is 0.359 bits per heavy atom. The Bertz CT molecular complexity index is 7350. The van der Waals surface area contributed by atoms with Crippen LogP contribution in [-0.2, 0) is 47.0 Å². The number of ether oxygens (including phenoxy) is 1. The lowest BCUT2D eigenvalue weighted by Gasteiger charge is -2.34. The Morgan fingerprint density at radius 2 is 0.641 bits per heavy atom. The van der Waals surface area contributed by atoms with Gasteiger partial charge >= 0.3 is 0 Å². The van der Waals surface area contributed by atoms with E-state index in [9.17, 15) is 75.9 Å². The highest BCUT2D eigenvalue weighted by Gasteiger charge is 2.36. The van der Waals surface area contributed by atoms with Crippen LogP contribution in [0.1, 0.15) is 133 Å². The molecule has 5 aromatic heterocycles. The van der Waals surface area contributed by atoms with Crippen molar-refractivity contribution in [2.24, 2.45) is 34.4 Å². The van der Waals surface area contributed by atoms with Gasteiger partial charge in [-0.25, -0.2) is 46.9 Å². The summed E-state index contributed by atoms with van der Waals surface area (Å²) in [5.74, 6) is -6.77. The van der Waals surface area contributed by atoms with Crippen LogP contribution in [0.3, 0.4) is 0 Å². The van der Waals surface area contributed by atoms with Crippen molar-refractivity contribution in [1.82, 2.24) is 54.7 Å². The van der Waals surface area contributed by atoms with Crippen LogP contribution in [0.4, 0.5) is 22.0 Å². The molecule has 29 nitrogen and oxygen atoms in total. The molecular formula is C111H110F5N17O12. The van der Waals surface area contributed by atoms with Crippen molar-refractivity contribution < 1.29 is 80.7 Å². The number of amides is 7. The molecule has 0 aliphatic carbocycles. The zero-order valence-electron chi connectivity index (χ0n) is 79.7. The average Bonchev–Trinajstić information content (AvgIpc) is 0.918. The maximum atomic E-state index is 13.4. The molecule has 0 radical (unpaired) electrons. The number of benzene rings is 10. The number of fused-ring (bicyclic) bond motifs is 5. The Kier molecular flexibility index (Phi) is 32.3. The number of carbonyl (C=O) groups excluding carboxylic acids is 7. The average molecular weight is 1970 g/mol. The van der Waals surface area contributed by atoms with Crippen molar-refractivity contribution >= 4 is 95.9 Å². The fourth-order valence-electron chi connectivity index (χ4n) is 19.0. The summed E-state index contributed by atoms with van der Waals surface area (Å²) in [6.07, 6.45) is 2.82. The van der Waals surface area contributed by atoms with Crippen molar-refractivity contribution in [2.45, 2.75) is 121 Å². The number of carbonyl (C=O) groups is 7. The van der Waals surface area contributed by atoms with Crippen LogP contribution in [-0.4, -0.2) is 213 Å². The molecule has 4 atom stereocenters. The topological polar surface area (TPSA) is 458 Å². The number of β-amino-alcohol motifs (C(OH)–C–C–N with tert-alkyl or cyclic N) is 1. The maximum absolute atomic E-state index is 13.4. The molecule has 5 aliphatic heterocycles. The second kappa shape index (κ2) is 45.6. The molecule has 3 unspecified atom stereocenters. The standard InChI is InChI=1S/C23H23FN4O2.C22H21FN4O3.C22H22FN3O3.2C22H22FN3O2/c1-14(29)26-18-8-9-28(13-18)12-15-2-7-19-20(16-3-5-17(24)6-4-16)11-22(23(25)30)27-21(19)10-15;23-14-4-2-13(3-5-14)17-9-19(21(24)29)26-18-7-12(1-6-16(17)18)10-27-11-15(28)8-20(27)22(25)30;23-16-4-2-15(3-5-16)18-12-20(21(24)27)25-19-11-14(1-6-17(18)19)13-26-9-7-22(28,29)8-10-26;1-14-12-26(8-9-28-14)13-15-2-7-18-19(16-3-5-17(23)6-4-16)11-21(22(24)27)25-20(18)10-15;23-16-4-2-15(3-5-16)19-12-21(22(24)28)25-20-11-14(1-6-18(19)20)13-26-9-7-17(27)8-10-26/h2-7,10-11,18H,8-9,12-13H2,1H3,(H2,25,30)(H,26,29);1-7,9,15,20,28H,8,10-11H2,(H2,24,29)(H2,25,30);1-6,11-12,28-29H,7-10,13H2,(H2,24,27);2-7,10-11,14H,8-9,12-13H2,1H3,(H2,24,27);1-6,11-12,17,27H,7-10,13H2,(H2,24,28)/t;;;14-;/m...0./s1. The van der Waals surface area contributed by atoms with Gasteiger partial charge in [0.15, 0.2) is 5.79 Å². The molecule has 17 N–H and O–H groups in total. The van der Waals surface area contributed by atoms with Crippen molar-refractivity contribution in [1.29, 1.82) is 0 Å². The van der Waals surface area contributed by atoms with Crippen LogP contribution in [0.5, 0.6) is 0 Å². The molecule has 5 fully saturated rings. The lowest BCUT2D eigenvalue weighted by atomic mass is 9.98. The number of halogens is 5. The van der Waals surface area contributed by atoms with Gasteiger partial charge in [-0.2, -0.15) is 0 Å². The van der Waals surface area contributed by atoms with Gasteiger partial charge in [0.2, 0.25) is 11.8 Å². The van der Waals surface area contributed by atoms with Gasteiger partial charge in [0.25, 0.3) is 29.5 Å². The first-order valence-electron chi connectivity index (χ1n) is 47.6. The number of hydrogen-bond donors (Lipinski definition) is 11. The summed E-state index contributed by atoms with van der Waals surface area (Å²) in [6, 6.07) is 67.8. The molecular weight excluding hydrogens is 1860 g/mol. The second-order valence-corrected chi connectivity index (χ2v) is 37.2. The number of aromatic nitrogens is 5. The molecule has 10 heterocycles. The normalized spacial score (nSPS) is 17.3. The van der Waals surface area contributed by atoms with E-state index in [-0.39, 0.29) is 81.7 Å². The Balaban J connectivity index is 0.000000130. The minimum absolute atomic E-state index is 0.0101. The third-order valence-corrected chi connectivity index (χ3v) is 26.3. The van der Waals surface area contributed by atoms with Crippen molar-refractivity contribution in [2.75, 3.05) is 65.5 Å². The number of nitrogens with one attached hydrogen (secondary N) is 1. The number of nitrogens with zero attached hydrogens (tertiary/aromatic N) is 10. The summed E-state index contributed by atoms with van der Waals surface area (Å²) < 4.78 is 72.3. The highest BCUT2D eigenvalue weighted by molar-refractivity contribution is 6.06. The number of rotatable bonds is 22. The summed E-state index contributed by atoms with van der Waals surface area (Å²) in [5, 5.41) is 46.2. The third-order valence-electron chi connectivity index (χ3n) is 26.3. The van der Waals surface area contributed by atoms with Crippen LogP contribution in [0.2, 0.25) is 0 Å². The highest BCUT2D eigenvalue weighted by atomic mass is 19.1. The number of primary amides is 6. The molecule has 746 valence electrons. The number of morpholine rings is 1. The molecule has 10 aromatic carbocycles. The predicted octanol–water partition coefficient (Wildman–Crippen LogP) is 13.3. The molecule has 5 aliphatic rings. The Morgan fingerprint density at radius 3 is 0.931 bits per heavy atom. The summed E-state index contributed by atoms with van der Waals surface area (Å²) in [7, 11) is 0. The van der Waals surface area contributed by atoms with Crippen molar-refractivity contribution in [3.63, 3.8) is 0 Å². The third kappa shape index (κ3) is 26.3. The van der Waals surface area contributed by atoms with Gasteiger partial charge in [0.1, 0.15) is 57.6 Å². The molecule has 0 bridgehead atoms. The van der Waals surface area contributed by atoms with E-state index in [1.165, 1.54) is 67.6 Å². The van der Waals surface area contributed by atoms with Crippen LogP contribution in [0.25, 0.3) is 110 Å². The van der Waals surface area contributed by atoms with E-state index in [1.54, 1.807) is 91.0 Å². The SMILES string of the molecule is CC(=O)NC1CCN(Cc2ccc3c(-c4ccc(F)cc4)cc(C(N)=O)nc3c2)C1.C[C@H]1CN(Cc2ccc3c(-c4ccc(F)cc4)cc(C(N)=O)nc3c2)CCO1.NC(=O)c1cc(-c2ccc(F)cc2)c2ccc(CN3CC(O)CC3C(N)=O)cc2n1.NC(=O)c1cc(-c2ccc(F)cc2)c2ccc(CN3CCC(O)(O)CC3)cc2n1.NC(=O)c1cc(-c2ccc(F)cc2)c2ccc(CN3CCC(O)CC3)cc2n1. The van der Waals surface area contributed by atoms with Gasteiger partial charge in [-0.3, -0.25) is 58.1 Å². The number of aliphatic hydroxyl groups excluding tert-OH is 2. The summed E-state index contributed by atoms with van der Waals surface area (Å²) in [5.41, 5.74) is 49.8. The monoisotopic (exact) mass is 1970 g/mol. The number of nitrogens with two attached hydrogens (primary N) is 6. The molecule has 20 rings (SSSR count). The van der Waals surface area contributed by atoms with E-state index < -0.39 is 53.4 Å². The largest absolute Gasteiger partial charge is 0.393 e. The van der Waals surface area contributed by atoms with E-state index in [2.05, 4.69) is 62.8 Å². The predicted molar refractivity (Wildman–Crippen MR) is 543 cm³/mol. The summed E-state index contributed by atoms with van der Waals surface area (Å²) in [4.78, 5) is 115. The molecule has 15 aromatic rings. The first-order valence-corrected chi connectivity index (χ1v) is 47.6. The van der Waals surface area contributed by atoms with E-state index >= 15 is 0 Å². The van der Waals surface area contributed by atoms with Gasteiger partial charge in [-0.1, -0.05) is 121 Å². The van der Waals surface area contributed by atoms with Crippen molar-refractivity contribution in [3.05, 3.63) is 328 Å². The molecule has 145 heavy (non-hydrogen) atoms. The van der Waals surface area contributed by atoms with Gasteiger partial charge in [-0.05, 0) is 237 Å². The highest BCUT2D eigenvalue weighted by Crippen LogP contribution is 2.38. The quantitative estimate of drug-likeness (QED) is 0.0222.